The summed E-state index contributed by atoms with van der Waals surface area (Å²) in [5, 5.41) is 6.25. The Kier molecular flexibility index (Phi) is 7.65. The Hall–Kier alpha value is -1.62. The SMILES string of the molecule is CCCNc1cnccc1C(=O)NC(CCC)COC. The molecule has 0 aliphatic carbocycles. The first-order valence-electron chi connectivity index (χ1n) is 7.20. The number of nitrogens with one attached hydrogen (secondary N) is 2. The number of ether oxygens (including phenoxy) is 1. The summed E-state index contributed by atoms with van der Waals surface area (Å²) in [7, 11) is 1.65. The number of anilines is 1. The van der Waals surface area contributed by atoms with E-state index < -0.39 is 0 Å². The van der Waals surface area contributed by atoms with Gasteiger partial charge in [0.15, 0.2) is 0 Å². The molecule has 112 valence electrons. The van der Waals surface area contributed by atoms with E-state index in [4.69, 9.17) is 4.74 Å². The fourth-order valence-electron chi connectivity index (χ4n) is 2.00. The molecule has 5 heteroatoms. The van der Waals surface area contributed by atoms with E-state index in [1.165, 1.54) is 0 Å². The van der Waals surface area contributed by atoms with Gasteiger partial charge in [0.1, 0.15) is 0 Å². The maximum absolute atomic E-state index is 12.4. The standard InChI is InChI=1S/C15H25N3O2/c1-4-6-12(11-20-3)18-15(19)13-7-9-16-10-14(13)17-8-5-2/h7,9-10,12,17H,4-6,8,11H2,1-3H3,(H,18,19). The molecule has 1 aromatic heterocycles. The summed E-state index contributed by atoms with van der Waals surface area (Å²) in [5.74, 6) is -0.0819. The van der Waals surface area contributed by atoms with Crippen molar-refractivity contribution in [2.24, 2.45) is 0 Å². The van der Waals surface area contributed by atoms with Crippen LogP contribution in [0.3, 0.4) is 0 Å². The van der Waals surface area contributed by atoms with Crippen molar-refractivity contribution in [2.45, 2.75) is 39.2 Å². The molecule has 0 aromatic carbocycles. The molecule has 1 amide bonds. The van der Waals surface area contributed by atoms with E-state index in [9.17, 15) is 4.79 Å². The van der Waals surface area contributed by atoms with Crippen LogP contribution in [0.25, 0.3) is 0 Å². The molecule has 0 saturated heterocycles. The van der Waals surface area contributed by atoms with E-state index in [1.807, 2.05) is 0 Å². The van der Waals surface area contributed by atoms with Gasteiger partial charge in [-0.2, -0.15) is 0 Å². The lowest BCUT2D eigenvalue weighted by Gasteiger charge is -2.18. The Bertz CT molecular complexity index is 404. The minimum Gasteiger partial charge on any atom is -0.383 e. The van der Waals surface area contributed by atoms with E-state index in [1.54, 1.807) is 25.6 Å². The second kappa shape index (κ2) is 9.31. The number of nitrogens with zero attached hydrogens (tertiary/aromatic N) is 1. The number of rotatable bonds is 9. The quantitative estimate of drug-likeness (QED) is 0.729. The summed E-state index contributed by atoms with van der Waals surface area (Å²) in [6.07, 6.45) is 6.24. The molecule has 0 saturated carbocycles. The molecular formula is C15H25N3O2. The highest BCUT2D eigenvalue weighted by atomic mass is 16.5. The van der Waals surface area contributed by atoms with Crippen LogP contribution in [0.1, 0.15) is 43.5 Å². The van der Waals surface area contributed by atoms with E-state index in [0.29, 0.717) is 12.2 Å². The van der Waals surface area contributed by atoms with Crippen molar-refractivity contribution in [1.29, 1.82) is 0 Å². The Morgan fingerprint density at radius 1 is 1.40 bits per heavy atom. The predicted octanol–water partition coefficient (Wildman–Crippen LogP) is 2.45. The van der Waals surface area contributed by atoms with Gasteiger partial charge in [-0.05, 0) is 18.9 Å². The lowest BCUT2D eigenvalue weighted by molar-refractivity contribution is 0.0892. The van der Waals surface area contributed by atoms with Crippen LogP contribution in [0.4, 0.5) is 5.69 Å². The van der Waals surface area contributed by atoms with Crippen molar-refractivity contribution >= 4 is 11.6 Å². The second-order valence-electron chi connectivity index (χ2n) is 4.76. The molecule has 0 bridgehead atoms. The van der Waals surface area contributed by atoms with Gasteiger partial charge in [-0.25, -0.2) is 0 Å². The first kappa shape index (κ1) is 16.4. The van der Waals surface area contributed by atoms with Crippen molar-refractivity contribution in [1.82, 2.24) is 10.3 Å². The van der Waals surface area contributed by atoms with E-state index in [0.717, 1.165) is 31.5 Å². The van der Waals surface area contributed by atoms with Gasteiger partial charge in [-0.15, -0.1) is 0 Å². The number of pyridine rings is 1. The number of carbonyl (C=O) groups is 1. The predicted molar refractivity (Wildman–Crippen MR) is 81.1 cm³/mol. The maximum atomic E-state index is 12.4. The first-order valence-corrected chi connectivity index (χ1v) is 7.20. The average Bonchev–Trinajstić information content (AvgIpc) is 2.46. The molecule has 2 N–H and O–H groups in total. The number of aromatic nitrogens is 1. The van der Waals surface area contributed by atoms with Crippen LogP contribution >= 0.6 is 0 Å². The summed E-state index contributed by atoms with van der Waals surface area (Å²) < 4.78 is 5.15. The molecular weight excluding hydrogens is 254 g/mol. The third-order valence-corrected chi connectivity index (χ3v) is 2.97. The molecule has 1 heterocycles. The third-order valence-electron chi connectivity index (χ3n) is 2.97. The Labute approximate surface area is 121 Å². The average molecular weight is 279 g/mol. The van der Waals surface area contributed by atoms with E-state index in [-0.39, 0.29) is 11.9 Å². The fourth-order valence-corrected chi connectivity index (χ4v) is 2.00. The van der Waals surface area contributed by atoms with Crippen LogP contribution in [-0.4, -0.2) is 37.2 Å². The number of carbonyl (C=O) groups excluding carboxylic acids is 1. The van der Waals surface area contributed by atoms with Gasteiger partial charge in [-0.1, -0.05) is 20.3 Å². The summed E-state index contributed by atoms with van der Waals surface area (Å²) >= 11 is 0. The molecule has 0 spiro atoms. The van der Waals surface area contributed by atoms with Crippen LogP contribution in [0.5, 0.6) is 0 Å². The smallest absolute Gasteiger partial charge is 0.253 e. The first-order chi connectivity index (χ1) is 9.72. The van der Waals surface area contributed by atoms with Gasteiger partial charge < -0.3 is 15.4 Å². The highest BCUT2D eigenvalue weighted by Crippen LogP contribution is 2.14. The van der Waals surface area contributed by atoms with E-state index >= 15 is 0 Å². The molecule has 0 radical (unpaired) electrons. The zero-order chi connectivity index (χ0) is 14.8. The van der Waals surface area contributed by atoms with Gasteiger partial charge in [0.2, 0.25) is 0 Å². The van der Waals surface area contributed by atoms with Gasteiger partial charge >= 0.3 is 0 Å². The Morgan fingerprint density at radius 3 is 2.85 bits per heavy atom. The topological polar surface area (TPSA) is 63.2 Å². The second-order valence-corrected chi connectivity index (χ2v) is 4.76. The van der Waals surface area contributed by atoms with Gasteiger partial charge in [0.05, 0.1) is 30.1 Å². The summed E-state index contributed by atoms with van der Waals surface area (Å²) in [6.45, 7) is 5.53. The molecule has 1 aromatic rings. The van der Waals surface area contributed by atoms with E-state index in [2.05, 4.69) is 29.5 Å². The zero-order valence-corrected chi connectivity index (χ0v) is 12.6. The Morgan fingerprint density at radius 2 is 2.20 bits per heavy atom. The van der Waals surface area contributed by atoms with Crippen LogP contribution in [0.2, 0.25) is 0 Å². The van der Waals surface area contributed by atoms with Crippen molar-refractivity contribution in [2.75, 3.05) is 25.6 Å². The lowest BCUT2D eigenvalue weighted by Crippen LogP contribution is -2.38. The summed E-state index contributed by atoms with van der Waals surface area (Å²) in [6, 6.07) is 1.79. The number of methoxy groups -OCH3 is 1. The van der Waals surface area contributed by atoms with Crippen molar-refractivity contribution in [3.05, 3.63) is 24.0 Å². The largest absolute Gasteiger partial charge is 0.383 e. The molecule has 0 aliphatic rings. The zero-order valence-electron chi connectivity index (χ0n) is 12.6. The fraction of sp³-hybridized carbons (Fsp3) is 0.600. The summed E-state index contributed by atoms with van der Waals surface area (Å²) in [5.41, 5.74) is 1.41. The van der Waals surface area contributed by atoms with Gasteiger partial charge in [-0.3, -0.25) is 9.78 Å². The van der Waals surface area contributed by atoms with Crippen LogP contribution < -0.4 is 10.6 Å². The molecule has 5 nitrogen and oxygen atoms in total. The third kappa shape index (κ3) is 5.17. The normalized spacial score (nSPS) is 11.9. The van der Waals surface area contributed by atoms with Crippen molar-refractivity contribution < 1.29 is 9.53 Å². The molecule has 1 atom stereocenters. The number of amides is 1. The molecule has 1 unspecified atom stereocenters. The minimum atomic E-state index is -0.0819. The highest BCUT2D eigenvalue weighted by molar-refractivity contribution is 5.99. The van der Waals surface area contributed by atoms with Crippen LogP contribution in [-0.2, 0) is 4.74 Å². The molecule has 1 rings (SSSR count). The van der Waals surface area contributed by atoms with Crippen LogP contribution in [0.15, 0.2) is 18.5 Å². The molecule has 20 heavy (non-hydrogen) atoms. The van der Waals surface area contributed by atoms with Gasteiger partial charge in [0, 0.05) is 19.9 Å². The number of hydrogen-bond donors (Lipinski definition) is 2. The lowest BCUT2D eigenvalue weighted by atomic mass is 10.1. The maximum Gasteiger partial charge on any atom is 0.253 e. The highest BCUT2D eigenvalue weighted by Gasteiger charge is 2.15. The summed E-state index contributed by atoms with van der Waals surface area (Å²) in [4.78, 5) is 16.4. The number of hydrogen-bond acceptors (Lipinski definition) is 4. The molecule has 0 fully saturated rings. The van der Waals surface area contributed by atoms with Crippen molar-refractivity contribution in [3.8, 4) is 0 Å². The van der Waals surface area contributed by atoms with Crippen LogP contribution in [0, 0.1) is 0 Å². The minimum absolute atomic E-state index is 0.0460. The van der Waals surface area contributed by atoms with Gasteiger partial charge in [0.25, 0.3) is 5.91 Å². The monoisotopic (exact) mass is 279 g/mol. The van der Waals surface area contributed by atoms with Crippen molar-refractivity contribution in [3.63, 3.8) is 0 Å². The molecule has 0 aliphatic heterocycles. The Balaban J connectivity index is 2.74.